The van der Waals surface area contributed by atoms with Gasteiger partial charge in [-0.2, -0.15) is 0 Å². The number of ether oxygens (including phenoxy) is 1. The SMILES string of the molecule is CN(C)S(=O)(=O)CC1CN(CCOc2ccc(Cl)cc2)CC1O. The van der Waals surface area contributed by atoms with Crippen molar-refractivity contribution in [2.75, 3.05) is 46.1 Å². The van der Waals surface area contributed by atoms with Crippen molar-refractivity contribution in [1.82, 2.24) is 9.21 Å². The van der Waals surface area contributed by atoms with Crippen LogP contribution in [0.3, 0.4) is 0 Å². The van der Waals surface area contributed by atoms with E-state index in [-0.39, 0.29) is 11.7 Å². The summed E-state index contributed by atoms with van der Waals surface area (Å²) >= 11 is 5.81. The molecule has 2 atom stereocenters. The number of rotatable bonds is 7. The van der Waals surface area contributed by atoms with Crippen LogP contribution in [0.1, 0.15) is 0 Å². The first-order chi connectivity index (χ1) is 10.8. The predicted molar refractivity (Wildman–Crippen MR) is 90.4 cm³/mol. The zero-order chi connectivity index (χ0) is 17.0. The van der Waals surface area contributed by atoms with Crippen LogP contribution >= 0.6 is 11.6 Å². The number of aliphatic hydroxyl groups is 1. The Balaban J connectivity index is 1.79. The van der Waals surface area contributed by atoms with Gasteiger partial charge in [0.2, 0.25) is 10.0 Å². The van der Waals surface area contributed by atoms with Gasteiger partial charge in [0.05, 0.1) is 11.9 Å². The van der Waals surface area contributed by atoms with E-state index in [9.17, 15) is 13.5 Å². The van der Waals surface area contributed by atoms with Crippen molar-refractivity contribution in [2.24, 2.45) is 5.92 Å². The molecule has 1 saturated heterocycles. The molecule has 0 amide bonds. The lowest BCUT2D eigenvalue weighted by molar-refractivity contribution is 0.145. The zero-order valence-corrected chi connectivity index (χ0v) is 14.9. The van der Waals surface area contributed by atoms with E-state index in [2.05, 4.69) is 0 Å². The van der Waals surface area contributed by atoms with Gasteiger partial charge >= 0.3 is 0 Å². The molecule has 0 radical (unpaired) electrons. The van der Waals surface area contributed by atoms with Crippen molar-refractivity contribution in [1.29, 1.82) is 0 Å². The van der Waals surface area contributed by atoms with Crippen LogP contribution in [0, 0.1) is 5.92 Å². The van der Waals surface area contributed by atoms with Crippen molar-refractivity contribution in [3.63, 3.8) is 0 Å². The summed E-state index contributed by atoms with van der Waals surface area (Å²) in [6, 6.07) is 7.12. The van der Waals surface area contributed by atoms with E-state index in [1.807, 2.05) is 4.90 Å². The van der Waals surface area contributed by atoms with Gasteiger partial charge in [-0.25, -0.2) is 12.7 Å². The fraction of sp³-hybridized carbons (Fsp3) is 0.600. The maximum Gasteiger partial charge on any atom is 0.214 e. The third kappa shape index (κ3) is 5.32. The summed E-state index contributed by atoms with van der Waals surface area (Å²) in [6.07, 6.45) is -0.625. The number of hydrogen-bond acceptors (Lipinski definition) is 5. The van der Waals surface area contributed by atoms with Gasteiger partial charge in [-0.05, 0) is 24.3 Å². The summed E-state index contributed by atoms with van der Waals surface area (Å²) in [7, 11) is -0.286. The summed E-state index contributed by atoms with van der Waals surface area (Å²) in [5.74, 6) is 0.439. The van der Waals surface area contributed by atoms with E-state index >= 15 is 0 Å². The van der Waals surface area contributed by atoms with E-state index in [0.29, 0.717) is 31.3 Å². The number of nitrogens with zero attached hydrogens (tertiary/aromatic N) is 2. The molecule has 0 aromatic heterocycles. The highest BCUT2D eigenvalue weighted by Crippen LogP contribution is 2.20. The quantitative estimate of drug-likeness (QED) is 0.780. The van der Waals surface area contributed by atoms with Gasteiger partial charge in [0, 0.05) is 44.7 Å². The summed E-state index contributed by atoms with van der Waals surface area (Å²) in [5.41, 5.74) is 0. The Kier molecular flexibility index (Phi) is 6.27. The minimum absolute atomic E-state index is 0.0320. The molecule has 1 aromatic rings. The van der Waals surface area contributed by atoms with Gasteiger partial charge in [0.1, 0.15) is 12.4 Å². The van der Waals surface area contributed by atoms with Gasteiger partial charge in [0.15, 0.2) is 0 Å². The highest BCUT2D eigenvalue weighted by molar-refractivity contribution is 7.89. The number of likely N-dealkylation sites (tertiary alicyclic amines) is 1. The maximum atomic E-state index is 11.9. The molecule has 1 aromatic carbocycles. The fourth-order valence-electron chi connectivity index (χ4n) is 2.53. The molecular weight excluding hydrogens is 340 g/mol. The van der Waals surface area contributed by atoms with Gasteiger partial charge in [-0.3, -0.25) is 4.90 Å². The number of sulfonamides is 1. The first-order valence-corrected chi connectivity index (χ1v) is 9.45. The van der Waals surface area contributed by atoms with Crippen LogP contribution in [0.15, 0.2) is 24.3 Å². The molecule has 130 valence electrons. The normalized spacial score (nSPS) is 22.7. The average molecular weight is 363 g/mol. The molecule has 1 heterocycles. The number of aliphatic hydroxyl groups excluding tert-OH is 1. The van der Waals surface area contributed by atoms with Crippen molar-refractivity contribution in [3.8, 4) is 5.75 Å². The van der Waals surface area contributed by atoms with E-state index in [4.69, 9.17) is 16.3 Å². The molecule has 8 heteroatoms. The van der Waals surface area contributed by atoms with Crippen LogP contribution < -0.4 is 4.74 Å². The smallest absolute Gasteiger partial charge is 0.214 e. The van der Waals surface area contributed by atoms with Crippen LogP contribution in [-0.4, -0.2) is 74.9 Å². The molecule has 0 spiro atoms. The molecule has 1 fully saturated rings. The Labute approximate surface area is 142 Å². The van der Waals surface area contributed by atoms with E-state index in [1.54, 1.807) is 24.3 Å². The molecule has 23 heavy (non-hydrogen) atoms. The molecule has 2 unspecified atom stereocenters. The Morgan fingerprint density at radius 3 is 2.57 bits per heavy atom. The van der Waals surface area contributed by atoms with Gasteiger partial charge in [0.25, 0.3) is 0 Å². The first kappa shape index (κ1) is 18.5. The summed E-state index contributed by atoms with van der Waals surface area (Å²) in [6.45, 7) is 2.13. The van der Waals surface area contributed by atoms with Gasteiger partial charge in [-0.15, -0.1) is 0 Å². The zero-order valence-electron chi connectivity index (χ0n) is 13.4. The lowest BCUT2D eigenvalue weighted by atomic mass is 10.1. The summed E-state index contributed by atoms with van der Waals surface area (Å²) < 4.78 is 30.7. The third-order valence-electron chi connectivity index (χ3n) is 3.95. The minimum atomic E-state index is -3.30. The average Bonchev–Trinajstić information content (AvgIpc) is 2.80. The standard InChI is InChI=1S/C15H23ClN2O4S/c1-17(2)23(20,21)11-12-9-18(10-15(12)19)7-8-22-14-5-3-13(16)4-6-14/h3-6,12,15,19H,7-11H2,1-2H3. The Hall–Kier alpha value is -0.860. The summed E-state index contributed by atoms with van der Waals surface area (Å²) in [4.78, 5) is 2.02. The second kappa shape index (κ2) is 7.81. The highest BCUT2D eigenvalue weighted by Gasteiger charge is 2.35. The molecular formula is C15H23ClN2O4S. The van der Waals surface area contributed by atoms with Crippen molar-refractivity contribution >= 4 is 21.6 Å². The molecule has 1 aliphatic heterocycles. The van der Waals surface area contributed by atoms with Crippen molar-refractivity contribution in [3.05, 3.63) is 29.3 Å². The third-order valence-corrected chi connectivity index (χ3v) is 6.17. The molecule has 1 N–H and O–H groups in total. The van der Waals surface area contributed by atoms with Gasteiger partial charge in [-0.1, -0.05) is 11.6 Å². The minimum Gasteiger partial charge on any atom is -0.492 e. The monoisotopic (exact) mass is 362 g/mol. The van der Waals surface area contributed by atoms with Crippen molar-refractivity contribution in [2.45, 2.75) is 6.10 Å². The Morgan fingerprint density at radius 1 is 1.30 bits per heavy atom. The first-order valence-electron chi connectivity index (χ1n) is 7.47. The Bertz CT molecular complexity index is 606. The molecule has 1 aliphatic rings. The van der Waals surface area contributed by atoms with E-state index in [0.717, 1.165) is 5.75 Å². The number of hydrogen-bond donors (Lipinski definition) is 1. The number of halogens is 1. The maximum absolute atomic E-state index is 11.9. The summed E-state index contributed by atoms with van der Waals surface area (Å²) in [5, 5.41) is 10.7. The van der Waals surface area contributed by atoms with Crippen molar-refractivity contribution < 1.29 is 18.3 Å². The van der Waals surface area contributed by atoms with Crippen LogP contribution in [0.25, 0.3) is 0 Å². The Morgan fingerprint density at radius 2 is 1.96 bits per heavy atom. The molecule has 0 bridgehead atoms. The molecule has 0 aliphatic carbocycles. The number of β-amino-alcohol motifs (C(OH)–C–C–N with tert-alkyl or cyclic N) is 1. The molecule has 6 nitrogen and oxygen atoms in total. The number of benzene rings is 1. The lowest BCUT2D eigenvalue weighted by Crippen LogP contribution is -2.33. The van der Waals surface area contributed by atoms with Crippen LogP contribution in [0.2, 0.25) is 5.02 Å². The predicted octanol–water partition coefficient (Wildman–Crippen LogP) is 0.903. The van der Waals surface area contributed by atoms with E-state index in [1.165, 1.54) is 18.4 Å². The van der Waals surface area contributed by atoms with E-state index < -0.39 is 16.1 Å². The lowest BCUT2D eigenvalue weighted by Gasteiger charge is -2.18. The topological polar surface area (TPSA) is 70.1 Å². The molecule has 0 saturated carbocycles. The van der Waals surface area contributed by atoms with Crippen LogP contribution in [0.4, 0.5) is 0 Å². The second-order valence-electron chi connectivity index (χ2n) is 5.95. The van der Waals surface area contributed by atoms with Crippen LogP contribution in [-0.2, 0) is 10.0 Å². The van der Waals surface area contributed by atoms with Crippen LogP contribution in [0.5, 0.6) is 5.75 Å². The van der Waals surface area contributed by atoms with Gasteiger partial charge < -0.3 is 9.84 Å². The molecule has 2 rings (SSSR count). The fourth-order valence-corrected chi connectivity index (χ4v) is 3.82. The largest absolute Gasteiger partial charge is 0.492 e. The highest BCUT2D eigenvalue weighted by atomic mass is 35.5. The second-order valence-corrected chi connectivity index (χ2v) is 8.61.